The third kappa shape index (κ3) is 2.73. The van der Waals surface area contributed by atoms with Gasteiger partial charge in [-0.15, -0.1) is 11.3 Å². The highest BCUT2D eigenvalue weighted by Crippen LogP contribution is 2.50. The van der Waals surface area contributed by atoms with Crippen molar-refractivity contribution in [3.05, 3.63) is 115 Å². The SMILES string of the molecule is c1ccc(-c2nc(N3c4ccccc4-c4cccc5cccc3c45)nc3c2sc2ccccc23)cc1. The summed E-state index contributed by atoms with van der Waals surface area (Å²) in [7, 11) is 0. The first-order valence-corrected chi connectivity index (χ1v) is 12.8. The van der Waals surface area contributed by atoms with Crippen LogP contribution in [0.5, 0.6) is 0 Å². The van der Waals surface area contributed by atoms with Crippen molar-refractivity contribution < 1.29 is 0 Å². The minimum Gasteiger partial charge on any atom is -0.278 e. The average molecular weight is 478 g/mol. The van der Waals surface area contributed by atoms with Crippen LogP contribution in [0, 0.1) is 0 Å². The van der Waals surface area contributed by atoms with E-state index in [0.29, 0.717) is 5.95 Å². The Balaban J connectivity index is 1.51. The first-order valence-electron chi connectivity index (χ1n) is 12.0. The Kier molecular flexibility index (Phi) is 4.10. The van der Waals surface area contributed by atoms with Gasteiger partial charge in [-0.1, -0.05) is 97.1 Å². The highest BCUT2D eigenvalue weighted by Gasteiger charge is 2.28. The molecule has 0 fully saturated rings. The molecule has 0 spiro atoms. The van der Waals surface area contributed by atoms with Gasteiger partial charge in [0.25, 0.3) is 0 Å². The molecule has 7 aromatic rings. The van der Waals surface area contributed by atoms with Crippen molar-refractivity contribution in [2.75, 3.05) is 4.90 Å². The van der Waals surface area contributed by atoms with E-state index in [1.165, 1.54) is 32.0 Å². The maximum Gasteiger partial charge on any atom is 0.235 e. The third-order valence-electron chi connectivity index (χ3n) is 7.01. The summed E-state index contributed by atoms with van der Waals surface area (Å²) in [5.41, 5.74) is 7.73. The van der Waals surface area contributed by atoms with Gasteiger partial charge >= 0.3 is 0 Å². The first-order chi connectivity index (χ1) is 17.9. The summed E-state index contributed by atoms with van der Waals surface area (Å²) in [4.78, 5) is 12.8. The summed E-state index contributed by atoms with van der Waals surface area (Å²) in [6, 6.07) is 40.6. The Morgan fingerprint density at radius 3 is 2.22 bits per heavy atom. The molecule has 1 aliphatic rings. The molecule has 36 heavy (non-hydrogen) atoms. The average Bonchev–Trinajstić information content (AvgIpc) is 3.32. The molecule has 0 radical (unpaired) electrons. The molecule has 0 saturated carbocycles. The van der Waals surface area contributed by atoms with Crippen LogP contribution in [0.2, 0.25) is 0 Å². The zero-order valence-electron chi connectivity index (χ0n) is 19.2. The minimum absolute atomic E-state index is 0.694. The van der Waals surface area contributed by atoms with Crippen LogP contribution >= 0.6 is 11.3 Å². The van der Waals surface area contributed by atoms with Gasteiger partial charge in [-0.05, 0) is 29.1 Å². The second-order valence-electron chi connectivity index (χ2n) is 9.05. The van der Waals surface area contributed by atoms with E-state index in [1.54, 1.807) is 11.3 Å². The van der Waals surface area contributed by atoms with Crippen LogP contribution in [0.15, 0.2) is 115 Å². The van der Waals surface area contributed by atoms with Crippen LogP contribution < -0.4 is 4.90 Å². The van der Waals surface area contributed by atoms with E-state index in [4.69, 9.17) is 9.97 Å². The van der Waals surface area contributed by atoms with E-state index in [1.807, 2.05) is 6.07 Å². The number of para-hydroxylation sites is 1. The molecule has 8 rings (SSSR count). The molecule has 3 nitrogen and oxygen atoms in total. The van der Waals surface area contributed by atoms with Gasteiger partial charge in [0, 0.05) is 26.6 Å². The fraction of sp³-hybridized carbons (Fsp3) is 0. The van der Waals surface area contributed by atoms with Crippen molar-refractivity contribution in [1.29, 1.82) is 0 Å². The monoisotopic (exact) mass is 477 g/mol. The molecule has 2 aromatic heterocycles. The first kappa shape index (κ1) is 19.7. The fourth-order valence-electron chi connectivity index (χ4n) is 5.44. The maximum absolute atomic E-state index is 5.27. The molecule has 0 aliphatic carbocycles. The van der Waals surface area contributed by atoms with Gasteiger partial charge in [-0.2, -0.15) is 0 Å². The van der Waals surface area contributed by atoms with Gasteiger partial charge in [-0.25, -0.2) is 9.97 Å². The van der Waals surface area contributed by atoms with Gasteiger partial charge < -0.3 is 0 Å². The highest BCUT2D eigenvalue weighted by molar-refractivity contribution is 7.26. The van der Waals surface area contributed by atoms with Crippen LogP contribution in [0.4, 0.5) is 17.3 Å². The molecular formula is C32H19N3S. The Morgan fingerprint density at radius 2 is 1.31 bits per heavy atom. The maximum atomic E-state index is 5.27. The summed E-state index contributed by atoms with van der Waals surface area (Å²) >= 11 is 1.76. The summed E-state index contributed by atoms with van der Waals surface area (Å²) < 4.78 is 2.35. The second-order valence-corrected chi connectivity index (χ2v) is 10.1. The second kappa shape index (κ2) is 7.48. The zero-order chi connectivity index (χ0) is 23.6. The zero-order valence-corrected chi connectivity index (χ0v) is 20.0. The lowest BCUT2D eigenvalue weighted by molar-refractivity contribution is 1.12. The van der Waals surface area contributed by atoms with Crippen molar-refractivity contribution in [3.8, 4) is 22.4 Å². The third-order valence-corrected chi connectivity index (χ3v) is 8.18. The number of hydrogen-bond donors (Lipinski definition) is 0. The number of nitrogens with zero attached hydrogens (tertiary/aromatic N) is 3. The number of benzene rings is 5. The fourth-order valence-corrected chi connectivity index (χ4v) is 6.60. The molecule has 0 atom stereocenters. The van der Waals surface area contributed by atoms with Crippen LogP contribution in [0.3, 0.4) is 0 Å². The predicted molar refractivity (Wildman–Crippen MR) is 152 cm³/mol. The molecule has 0 unspecified atom stereocenters. The summed E-state index contributed by atoms with van der Waals surface area (Å²) in [5.74, 6) is 0.694. The number of anilines is 3. The Bertz CT molecular complexity index is 1950. The Morgan fingerprint density at radius 1 is 0.583 bits per heavy atom. The molecule has 168 valence electrons. The molecule has 5 aromatic carbocycles. The lowest BCUT2D eigenvalue weighted by Crippen LogP contribution is -2.17. The number of rotatable bonds is 2. The number of aromatic nitrogens is 2. The van der Waals surface area contributed by atoms with E-state index in [9.17, 15) is 0 Å². The molecule has 0 N–H and O–H groups in total. The molecule has 1 aliphatic heterocycles. The van der Waals surface area contributed by atoms with Gasteiger partial charge in [0.05, 0.1) is 27.3 Å². The predicted octanol–water partition coefficient (Wildman–Crippen LogP) is 9.11. The van der Waals surface area contributed by atoms with E-state index < -0.39 is 0 Å². The quantitative estimate of drug-likeness (QED) is 0.249. The van der Waals surface area contributed by atoms with Crippen LogP contribution in [0.1, 0.15) is 0 Å². The number of fused-ring (bicyclic) bond motifs is 5. The van der Waals surface area contributed by atoms with Gasteiger partial charge in [0.2, 0.25) is 5.95 Å². The minimum atomic E-state index is 0.694. The topological polar surface area (TPSA) is 29.0 Å². The van der Waals surface area contributed by atoms with Crippen molar-refractivity contribution in [2.24, 2.45) is 0 Å². The molecule has 3 heterocycles. The van der Waals surface area contributed by atoms with E-state index >= 15 is 0 Å². The van der Waals surface area contributed by atoms with Crippen LogP contribution in [-0.4, -0.2) is 9.97 Å². The van der Waals surface area contributed by atoms with Gasteiger partial charge in [-0.3, -0.25) is 4.90 Å². The van der Waals surface area contributed by atoms with Crippen molar-refractivity contribution in [2.45, 2.75) is 0 Å². The molecule has 0 bridgehead atoms. The molecule has 0 amide bonds. The van der Waals surface area contributed by atoms with Gasteiger partial charge in [0.1, 0.15) is 0 Å². The van der Waals surface area contributed by atoms with E-state index in [0.717, 1.165) is 32.8 Å². The lowest BCUT2D eigenvalue weighted by atomic mass is 9.91. The van der Waals surface area contributed by atoms with E-state index in [2.05, 4.69) is 114 Å². The smallest absolute Gasteiger partial charge is 0.235 e. The van der Waals surface area contributed by atoms with Gasteiger partial charge in [0.15, 0.2) is 0 Å². The largest absolute Gasteiger partial charge is 0.278 e. The van der Waals surface area contributed by atoms with Crippen LogP contribution in [-0.2, 0) is 0 Å². The van der Waals surface area contributed by atoms with Crippen LogP contribution in [0.25, 0.3) is 53.5 Å². The summed E-state index contributed by atoms with van der Waals surface area (Å²) in [6.45, 7) is 0. The van der Waals surface area contributed by atoms with Crippen molar-refractivity contribution >= 4 is 59.7 Å². The van der Waals surface area contributed by atoms with Crippen molar-refractivity contribution in [3.63, 3.8) is 0 Å². The highest BCUT2D eigenvalue weighted by atomic mass is 32.1. The standard InChI is InChI=1S/C32H19N3S/c1-2-10-21(11-3-1)29-31-30(24-15-5-7-19-27(24)36-31)34-32(33-29)35-25-17-6-4-14-22(25)23-16-8-12-20-13-9-18-26(35)28(20)23/h1-19H. The molecule has 4 heteroatoms. The van der Waals surface area contributed by atoms with Crippen molar-refractivity contribution in [1.82, 2.24) is 9.97 Å². The summed E-state index contributed by atoms with van der Waals surface area (Å²) in [5, 5.41) is 3.62. The number of thiophene rings is 1. The lowest BCUT2D eigenvalue weighted by Gasteiger charge is -2.32. The number of hydrogen-bond acceptors (Lipinski definition) is 4. The summed E-state index contributed by atoms with van der Waals surface area (Å²) in [6.07, 6.45) is 0. The van der Waals surface area contributed by atoms with E-state index in [-0.39, 0.29) is 0 Å². The molecule has 0 saturated heterocycles. The Labute approximate surface area is 211 Å². The Hall–Kier alpha value is -4.54. The normalized spacial score (nSPS) is 12.4. The molecular weight excluding hydrogens is 458 g/mol.